The number of anilines is 1. The van der Waals surface area contributed by atoms with Crippen LogP contribution in [0.5, 0.6) is 0 Å². The van der Waals surface area contributed by atoms with E-state index in [4.69, 9.17) is 17.4 Å². The predicted octanol–water partition coefficient (Wildman–Crippen LogP) is 0.819. The molecule has 0 aliphatic carbocycles. The van der Waals surface area contributed by atoms with Gasteiger partial charge in [0.05, 0.1) is 11.9 Å². The minimum atomic E-state index is -1.18. The van der Waals surface area contributed by atoms with Crippen LogP contribution in [0.4, 0.5) is 5.69 Å². The molecule has 1 aromatic carbocycles. The monoisotopic (exact) mass is 277 g/mol. The number of hydrogen-bond donors (Lipinski definition) is 2. The Morgan fingerprint density at radius 3 is 2.58 bits per heavy atom. The molecule has 19 heavy (non-hydrogen) atoms. The summed E-state index contributed by atoms with van der Waals surface area (Å²) >= 11 is 5.00. The molecule has 1 aliphatic rings. The molecule has 1 fully saturated rings. The van der Waals surface area contributed by atoms with Gasteiger partial charge in [-0.15, -0.1) is 5.16 Å². The third kappa shape index (κ3) is 2.45. The Kier molecular flexibility index (Phi) is 3.57. The summed E-state index contributed by atoms with van der Waals surface area (Å²) < 4.78 is 0. The zero-order valence-corrected chi connectivity index (χ0v) is 10.8. The van der Waals surface area contributed by atoms with Crippen LogP contribution in [0.3, 0.4) is 0 Å². The summed E-state index contributed by atoms with van der Waals surface area (Å²) in [4.78, 5) is 25.0. The fourth-order valence-electron chi connectivity index (χ4n) is 1.73. The molecule has 1 aromatic rings. The Morgan fingerprint density at radius 2 is 2.00 bits per heavy atom. The summed E-state index contributed by atoms with van der Waals surface area (Å²) in [6.45, 7) is 1.92. The number of nitrogens with one attached hydrogen (secondary N) is 1. The van der Waals surface area contributed by atoms with Crippen LogP contribution in [-0.4, -0.2) is 28.3 Å². The largest absolute Gasteiger partial charge is 0.411 e. The molecular weight excluding hydrogens is 266 g/mol. The molecule has 6 nitrogen and oxygen atoms in total. The molecule has 2 amide bonds. The molecule has 0 bridgehead atoms. The Bertz CT molecular complexity index is 568. The van der Waals surface area contributed by atoms with Crippen molar-refractivity contribution in [2.75, 3.05) is 4.90 Å². The maximum absolute atomic E-state index is 12.2. The molecule has 0 unspecified atom stereocenters. The third-order valence-corrected chi connectivity index (χ3v) is 2.99. The van der Waals surface area contributed by atoms with Crippen LogP contribution in [0.25, 0.3) is 0 Å². The maximum atomic E-state index is 12.2. The van der Waals surface area contributed by atoms with Gasteiger partial charge in [-0.25, -0.2) is 0 Å². The predicted molar refractivity (Wildman–Crippen MR) is 73.2 cm³/mol. The molecular formula is C12H11N3O3S. The van der Waals surface area contributed by atoms with Crippen molar-refractivity contribution in [1.29, 1.82) is 0 Å². The number of nitrogens with zero attached hydrogens (tertiary/aromatic N) is 2. The summed E-state index contributed by atoms with van der Waals surface area (Å²) in [6.07, 6.45) is 0.876. The standard InChI is InChI=1S/C12H11N3O3S/c1-7-2-4-8(5-3-7)15-11(17)9(6-13-18)10(16)14-12(15)19/h2-6,9,18H,1H3,(H,14,16,19)/t9-/m0/s1. The molecule has 0 aromatic heterocycles. The molecule has 2 N–H and O–H groups in total. The van der Waals surface area contributed by atoms with Crippen molar-refractivity contribution in [3.63, 3.8) is 0 Å². The SMILES string of the molecule is Cc1ccc(N2C(=O)[C@@H](C=NO)C(=O)NC2=S)cc1. The molecule has 1 atom stereocenters. The highest BCUT2D eigenvalue weighted by Gasteiger charge is 2.38. The highest BCUT2D eigenvalue weighted by molar-refractivity contribution is 7.80. The van der Waals surface area contributed by atoms with Gasteiger partial charge in [0.25, 0.3) is 5.91 Å². The van der Waals surface area contributed by atoms with Gasteiger partial charge in [0, 0.05) is 0 Å². The molecule has 0 saturated carbocycles. The van der Waals surface area contributed by atoms with Gasteiger partial charge in [-0.3, -0.25) is 14.5 Å². The van der Waals surface area contributed by atoms with Crippen molar-refractivity contribution in [1.82, 2.24) is 5.32 Å². The van der Waals surface area contributed by atoms with Crippen LogP contribution in [0.15, 0.2) is 29.4 Å². The van der Waals surface area contributed by atoms with Gasteiger partial charge in [-0.2, -0.15) is 0 Å². The molecule has 1 aliphatic heterocycles. The first-order valence-electron chi connectivity index (χ1n) is 5.47. The van der Waals surface area contributed by atoms with Crippen molar-refractivity contribution in [3.05, 3.63) is 29.8 Å². The van der Waals surface area contributed by atoms with Gasteiger partial charge in [0.15, 0.2) is 11.0 Å². The molecule has 98 valence electrons. The summed E-state index contributed by atoms with van der Waals surface area (Å²) in [5.41, 5.74) is 1.59. The zero-order valence-electron chi connectivity index (χ0n) is 10.0. The van der Waals surface area contributed by atoms with Gasteiger partial charge in [0.1, 0.15) is 0 Å². The Morgan fingerprint density at radius 1 is 1.37 bits per heavy atom. The number of hydrogen-bond acceptors (Lipinski definition) is 5. The van der Waals surface area contributed by atoms with E-state index in [1.807, 2.05) is 19.1 Å². The third-order valence-electron chi connectivity index (χ3n) is 2.71. The lowest BCUT2D eigenvalue weighted by Crippen LogP contribution is -2.58. The van der Waals surface area contributed by atoms with E-state index in [1.165, 1.54) is 4.90 Å². The number of thiocarbonyl (C=S) groups is 1. The highest BCUT2D eigenvalue weighted by atomic mass is 32.1. The first kappa shape index (κ1) is 13.2. The lowest BCUT2D eigenvalue weighted by molar-refractivity contribution is -0.130. The summed E-state index contributed by atoms with van der Waals surface area (Å²) in [5.74, 6) is -2.33. The summed E-state index contributed by atoms with van der Waals surface area (Å²) in [7, 11) is 0. The first-order valence-corrected chi connectivity index (χ1v) is 5.88. The lowest BCUT2D eigenvalue weighted by Gasteiger charge is -2.30. The zero-order chi connectivity index (χ0) is 14.0. The van der Waals surface area contributed by atoms with Gasteiger partial charge in [-0.1, -0.05) is 17.7 Å². The molecule has 1 saturated heterocycles. The average Bonchev–Trinajstić information content (AvgIpc) is 2.36. The van der Waals surface area contributed by atoms with Crippen LogP contribution in [-0.2, 0) is 9.59 Å². The fraction of sp³-hybridized carbons (Fsp3) is 0.167. The van der Waals surface area contributed by atoms with Crippen molar-refractivity contribution < 1.29 is 14.8 Å². The van der Waals surface area contributed by atoms with Crippen LogP contribution >= 0.6 is 12.2 Å². The van der Waals surface area contributed by atoms with Gasteiger partial charge in [0.2, 0.25) is 5.91 Å². The van der Waals surface area contributed by atoms with Gasteiger partial charge >= 0.3 is 0 Å². The normalized spacial score (nSPS) is 19.9. The van der Waals surface area contributed by atoms with Gasteiger partial charge < -0.3 is 10.5 Å². The van der Waals surface area contributed by atoms with Crippen molar-refractivity contribution in [2.24, 2.45) is 11.1 Å². The van der Waals surface area contributed by atoms with E-state index in [-0.39, 0.29) is 5.11 Å². The second kappa shape index (κ2) is 5.15. The van der Waals surface area contributed by atoms with Gasteiger partial charge in [-0.05, 0) is 31.3 Å². The molecule has 0 radical (unpaired) electrons. The van der Waals surface area contributed by atoms with Crippen LogP contribution < -0.4 is 10.2 Å². The highest BCUT2D eigenvalue weighted by Crippen LogP contribution is 2.20. The summed E-state index contributed by atoms with van der Waals surface area (Å²) in [6, 6.07) is 7.11. The van der Waals surface area contributed by atoms with E-state index < -0.39 is 17.7 Å². The minimum absolute atomic E-state index is 0.0152. The number of carbonyl (C=O) groups is 2. The first-order chi connectivity index (χ1) is 9.04. The van der Waals surface area contributed by atoms with Crippen LogP contribution in [0, 0.1) is 12.8 Å². The topological polar surface area (TPSA) is 82.0 Å². The average molecular weight is 277 g/mol. The second-order valence-corrected chi connectivity index (χ2v) is 4.43. The smallest absolute Gasteiger partial charge is 0.251 e. The number of carbonyl (C=O) groups excluding carboxylic acids is 2. The fourth-order valence-corrected chi connectivity index (χ4v) is 2.02. The van der Waals surface area contributed by atoms with E-state index >= 15 is 0 Å². The molecule has 2 rings (SSSR count). The Hall–Kier alpha value is -2.28. The molecule has 0 spiro atoms. The van der Waals surface area contributed by atoms with E-state index in [9.17, 15) is 9.59 Å². The van der Waals surface area contributed by atoms with E-state index in [1.54, 1.807) is 12.1 Å². The molecule has 7 heteroatoms. The summed E-state index contributed by atoms with van der Waals surface area (Å²) in [5, 5.41) is 13.7. The number of oxime groups is 1. The number of rotatable bonds is 2. The minimum Gasteiger partial charge on any atom is -0.411 e. The quantitative estimate of drug-likeness (QED) is 0.276. The number of amides is 2. The van der Waals surface area contributed by atoms with Crippen molar-refractivity contribution in [3.8, 4) is 0 Å². The Balaban J connectivity index is 2.38. The number of aryl methyl sites for hydroxylation is 1. The Labute approximate surface area is 114 Å². The maximum Gasteiger partial charge on any atom is 0.251 e. The van der Waals surface area contributed by atoms with Crippen molar-refractivity contribution >= 4 is 41.0 Å². The molecule has 1 heterocycles. The van der Waals surface area contributed by atoms with Crippen LogP contribution in [0.2, 0.25) is 0 Å². The number of benzene rings is 1. The van der Waals surface area contributed by atoms with E-state index in [2.05, 4.69) is 10.5 Å². The van der Waals surface area contributed by atoms with Crippen LogP contribution in [0.1, 0.15) is 5.56 Å². The van der Waals surface area contributed by atoms with E-state index in [0.29, 0.717) is 5.69 Å². The van der Waals surface area contributed by atoms with Crippen molar-refractivity contribution in [2.45, 2.75) is 6.92 Å². The van der Waals surface area contributed by atoms with E-state index in [0.717, 1.165) is 11.8 Å². The second-order valence-electron chi connectivity index (χ2n) is 4.05. The lowest BCUT2D eigenvalue weighted by atomic mass is 10.1.